The van der Waals surface area contributed by atoms with E-state index in [0.717, 1.165) is 32.5 Å². The predicted octanol–water partition coefficient (Wildman–Crippen LogP) is 1.51. The Labute approximate surface area is 135 Å². The molecule has 2 atom stereocenters. The van der Waals surface area contributed by atoms with Crippen LogP contribution < -0.4 is 10.7 Å². The predicted molar refractivity (Wildman–Crippen MR) is 83.4 cm³/mol. The fourth-order valence-corrected chi connectivity index (χ4v) is 3.50. The molecule has 0 radical (unpaired) electrons. The Kier molecular flexibility index (Phi) is 5.13. The van der Waals surface area contributed by atoms with E-state index in [0.29, 0.717) is 24.9 Å². The Morgan fingerprint density at radius 3 is 2.61 bits per heavy atom. The van der Waals surface area contributed by atoms with Gasteiger partial charge in [-0.25, -0.2) is 0 Å². The monoisotopic (exact) mass is 321 g/mol. The van der Waals surface area contributed by atoms with Crippen molar-refractivity contribution < 1.29 is 18.7 Å². The van der Waals surface area contributed by atoms with Crippen LogP contribution in [0.1, 0.15) is 35.6 Å². The van der Waals surface area contributed by atoms with Crippen molar-refractivity contribution >= 4 is 5.91 Å². The van der Waals surface area contributed by atoms with Crippen molar-refractivity contribution in [2.45, 2.75) is 32.2 Å². The zero-order valence-corrected chi connectivity index (χ0v) is 13.4. The van der Waals surface area contributed by atoms with E-state index in [1.165, 1.54) is 12.1 Å². The van der Waals surface area contributed by atoms with Crippen molar-refractivity contribution in [3.8, 4) is 0 Å². The number of carbonyl (C=O) groups is 1. The van der Waals surface area contributed by atoms with Gasteiger partial charge in [0.25, 0.3) is 5.91 Å². The number of carbonyl (C=O) groups excluding carboxylic acids is 1. The maximum absolute atomic E-state index is 12.4. The highest BCUT2D eigenvalue weighted by Crippen LogP contribution is 2.30. The Morgan fingerprint density at radius 2 is 1.87 bits per heavy atom. The second kappa shape index (κ2) is 7.27. The van der Waals surface area contributed by atoms with E-state index in [2.05, 4.69) is 5.32 Å². The second-order valence-corrected chi connectivity index (χ2v) is 6.33. The van der Waals surface area contributed by atoms with Gasteiger partial charge in [0, 0.05) is 43.9 Å². The third kappa shape index (κ3) is 4.00. The van der Waals surface area contributed by atoms with E-state index in [1.54, 1.807) is 6.92 Å². The number of amides is 1. The molecule has 2 aliphatic heterocycles. The normalized spacial score (nSPS) is 26.0. The molecule has 0 unspecified atom stereocenters. The molecule has 1 aromatic rings. The van der Waals surface area contributed by atoms with Gasteiger partial charge >= 0.3 is 0 Å². The molecule has 0 bridgehead atoms. The van der Waals surface area contributed by atoms with Gasteiger partial charge < -0.3 is 19.2 Å². The molecule has 6 nitrogen and oxygen atoms in total. The number of nitrogens with one attached hydrogen (secondary N) is 1. The quantitative estimate of drug-likeness (QED) is 0.913. The number of hydrogen-bond donors (Lipinski definition) is 1. The molecule has 2 saturated heterocycles. The Morgan fingerprint density at radius 1 is 1.13 bits per heavy atom. The molecule has 6 heteroatoms. The maximum Gasteiger partial charge on any atom is 0.287 e. The molecular weight excluding hydrogens is 298 g/mol. The number of hydrogen-bond acceptors (Lipinski definition) is 5. The zero-order valence-electron chi connectivity index (χ0n) is 13.4. The van der Waals surface area contributed by atoms with Gasteiger partial charge in [0.05, 0.1) is 6.61 Å². The average Bonchev–Trinajstić information content (AvgIpc) is 2.55. The van der Waals surface area contributed by atoms with Crippen LogP contribution in [0.15, 0.2) is 21.3 Å². The summed E-state index contributed by atoms with van der Waals surface area (Å²) in [5, 5.41) is 3.04. The van der Waals surface area contributed by atoms with Gasteiger partial charge in [0.1, 0.15) is 5.76 Å². The lowest BCUT2D eigenvalue weighted by Crippen LogP contribution is -2.49. The summed E-state index contributed by atoms with van der Waals surface area (Å²) in [7, 11) is 0. The van der Waals surface area contributed by atoms with Crippen LogP contribution in [0, 0.1) is 18.8 Å². The second-order valence-electron chi connectivity index (χ2n) is 6.33. The Bertz CT molecular complexity index is 605. The van der Waals surface area contributed by atoms with E-state index < -0.39 is 0 Å². The summed E-state index contributed by atoms with van der Waals surface area (Å²) >= 11 is 0. The first-order chi connectivity index (χ1) is 11.1. The molecule has 3 heterocycles. The molecule has 1 amide bonds. The standard InChI is InChI=1S/C17H23NO5/c1-11-8-13(19)9-16(23-11)17(20)18-15-4-7-22-10-14(15)12-2-5-21-6-3-12/h8-9,12,14-15H,2-7,10H2,1H3,(H,18,20)/t14-,15-/m0/s1. The van der Waals surface area contributed by atoms with Crippen LogP contribution >= 0.6 is 0 Å². The molecule has 2 fully saturated rings. The summed E-state index contributed by atoms with van der Waals surface area (Å²) in [5.74, 6) is 0.976. The fraction of sp³-hybridized carbons (Fsp3) is 0.647. The van der Waals surface area contributed by atoms with E-state index in [9.17, 15) is 9.59 Å². The highest BCUT2D eigenvalue weighted by atomic mass is 16.5. The van der Waals surface area contributed by atoms with Gasteiger partial charge in [-0.2, -0.15) is 0 Å². The van der Waals surface area contributed by atoms with Crippen molar-refractivity contribution in [3.63, 3.8) is 0 Å². The molecule has 0 saturated carbocycles. The van der Waals surface area contributed by atoms with Crippen LogP contribution in [-0.4, -0.2) is 38.4 Å². The topological polar surface area (TPSA) is 77.8 Å². The minimum atomic E-state index is -0.324. The van der Waals surface area contributed by atoms with Gasteiger partial charge in [-0.3, -0.25) is 9.59 Å². The molecular formula is C17H23NO5. The summed E-state index contributed by atoms with van der Waals surface area (Å²) in [6.07, 6.45) is 2.78. The van der Waals surface area contributed by atoms with Crippen LogP contribution in [0.5, 0.6) is 0 Å². The molecule has 1 aromatic heterocycles. The molecule has 2 aliphatic rings. The lowest BCUT2D eigenvalue weighted by Gasteiger charge is -2.38. The van der Waals surface area contributed by atoms with E-state index in [-0.39, 0.29) is 29.1 Å². The van der Waals surface area contributed by atoms with Crippen molar-refractivity contribution in [1.29, 1.82) is 0 Å². The molecule has 126 valence electrons. The third-order valence-electron chi connectivity index (χ3n) is 4.70. The number of ether oxygens (including phenoxy) is 2. The zero-order chi connectivity index (χ0) is 16.2. The van der Waals surface area contributed by atoms with Gasteiger partial charge in [-0.05, 0) is 32.1 Å². The molecule has 23 heavy (non-hydrogen) atoms. The molecule has 0 aliphatic carbocycles. The minimum absolute atomic E-state index is 0.0464. The summed E-state index contributed by atoms with van der Waals surface area (Å²) < 4.78 is 16.4. The third-order valence-corrected chi connectivity index (χ3v) is 4.70. The van der Waals surface area contributed by atoms with Crippen molar-refractivity contribution in [2.24, 2.45) is 11.8 Å². The first kappa shape index (κ1) is 16.2. The highest BCUT2D eigenvalue weighted by Gasteiger charge is 2.34. The van der Waals surface area contributed by atoms with E-state index in [1.807, 2.05) is 0 Å². The number of aryl methyl sites for hydroxylation is 1. The van der Waals surface area contributed by atoms with Crippen molar-refractivity contribution in [2.75, 3.05) is 26.4 Å². The SMILES string of the molecule is Cc1cc(=O)cc(C(=O)N[C@H]2CCOC[C@H]2C2CCOCC2)o1. The molecule has 3 rings (SSSR count). The fourth-order valence-electron chi connectivity index (χ4n) is 3.50. The summed E-state index contributed by atoms with van der Waals surface area (Å²) in [4.78, 5) is 24.0. The first-order valence-corrected chi connectivity index (χ1v) is 8.21. The summed E-state index contributed by atoms with van der Waals surface area (Å²) in [6.45, 7) is 4.51. The van der Waals surface area contributed by atoms with Crippen LogP contribution in [0.3, 0.4) is 0 Å². The average molecular weight is 321 g/mol. The molecule has 0 aromatic carbocycles. The van der Waals surface area contributed by atoms with Crippen LogP contribution in [0.25, 0.3) is 0 Å². The first-order valence-electron chi connectivity index (χ1n) is 8.21. The molecule has 0 spiro atoms. The van der Waals surface area contributed by atoms with Gasteiger partial charge in [0.2, 0.25) is 0 Å². The summed E-state index contributed by atoms with van der Waals surface area (Å²) in [5.41, 5.74) is -0.216. The highest BCUT2D eigenvalue weighted by molar-refractivity contribution is 5.91. The summed E-state index contributed by atoms with van der Waals surface area (Å²) in [6, 6.07) is 2.66. The van der Waals surface area contributed by atoms with Crippen molar-refractivity contribution in [3.05, 3.63) is 33.9 Å². The largest absolute Gasteiger partial charge is 0.456 e. The van der Waals surface area contributed by atoms with Crippen molar-refractivity contribution in [1.82, 2.24) is 5.32 Å². The van der Waals surface area contributed by atoms with Gasteiger partial charge in [-0.1, -0.05) is 0 Å². The maximum atomic E-state index is 12.4. The lowest BCUT2D eigenvalue weighted by atomic mass is 9.79. The van der Waals surface area contributed by atoms with Crippen LogP contribution in [-0.2, 0) is 9.47 Å². The molecule has 1 N–H and O–H groups in total. The lowest BCUT2D eigenvalue weighted by molar-refractivity contribution is -0.0261. The Balaban J connectivity index is 1.70. The van der Waals surface area contributed by atoms with Gasteiger partial charge in [-0.15, -0.1) is 0 Å². The minimum Gasteiger partial charge on any atom is -0.456 e. The van der Waals surface area contributed by atoms with Gasteiger partial charge in [0.15, 0.2) is 11.2 Å². The smallest absolute Gasteiger partial charge is 0.287 e. The van der Waals surface area contributed by atoms with Crippen LogP contribution in [0.4, 0.5) is 0 Å². The van der Waals surface area contributed by atoms with E-state index >= 15 is 0 Å². The van der Waals surface area contributed by atoms with E-state index in [4.69, 9.17) is 13.9 Å². The van der Waals surface area contributed by atoms with Crippen LogP contribution in [0.2, 0.25) is 0 Å². The Hall–Kier alpha value is -1.66. The number of rotatable bonds is 3.